The number of hydrogen-bond acceptors (Lipinski definition) is 2. The largest absolute Gasteiger partial charge is 0.439 e. The van der Waals surface area contributed by atoms with Crippen LogP contribution < -0.4 is 4.74 Å². The molecule has 0 spiro atoms. The van der Waals surface area contributed by atoms with Gasteiger partial charge in [0, 0.05) is 5.57 Å². The molecule has 0 fully saturated rings. The van der Waals surface area contributed by atoms with E-state index in [2.05, 4.69) is 11.6 Å². The minimum Gasteiger partial charge on any atom is -0.439 e. The molecular weight excluding hydrogens is 222 g/mol. The van der Waals surface area contributed by atoms with E-state index in [1.54, 1.807) is 0 Å². The van der Waals surface area contributed by atoms with Crippen LogP contribution in [0.3, 0.4) is 0 Å². The van der Waals surface area contributed by atoms with Crippen LogP contribution in [0.15, 0.2) is 77.8 Å². The van der Waals surface area contributed by atoms with Crippen LogP contribution in [0.5, 0.6) is 5.75 Å². The van der Waals surface area contributed by atoms with Gasteiger partial charge in [-0.15, -0.1) is 0 Å². The smallest absolute Gasteiger partial charge is 0.222 e. The van der Waals surface area contributed by atoms with E-state index in [1.807, 2.05) is 67.6 Å². The maximum atomic E-state index is 5.73. The number of para-hydroxylation sites is 2. The van der Waals surface area contributed by atoms with Crippen LogP contribution in [-0.2, 0) is 0 Å². The first-order chi connectivity index (χ1) is 8.75. The normalized spacial score (nSPS) is 11.1. The van der Waals surface area contributed by atoms with E-state index in [1.165, 1.54) is 0 Å². The minimum absolute atomic E-state index is 0.535. The Kier molecular flexibility index (Phi) is 3.92. The zero-order valence-corrected chi connectivity index (χ0v) is 10.3. The fraction of sp³-hybridized carbons (Fsp3) is 0.0625. The highest BCUT2D eigenvalue weighted by Crippen LogP contribution is 2.16. The van der Waals surface area contributed by atoms with Crippen molar-refractivity contribution in [1.82, 2.24) is 0 Å². The SMILES string of the molecule is C=C(C)/C(=N/c1ccccc1)Oc1ccccc1. The highest BCUT2D eigenvalue weighted by molar-refractivity contribution is 5.95. The molecule has 0 aliphatic heterocycles. The summed E-state index contributed by atoms with van der Waals surface area (Å²) < 4.78 is 5.73. The second kappa shape index (κ2) is 5.82. The molecule has 0 N–H and O–H groups in total. The van der Waals surface area contributed by atoms with Gasteiger partial charge in [0.15, 0.2) is 0 Å². The first kappa shape index (κ1) is 12.1. The Bertz CT molecular complexity index is 544. The number of hydrogen-bond donors (Lipinski definition) is 0. The van der Waals surface area contributed by atoms with Crippen LogP contribution in [-0.4, -0.2) is 5.90 Å². The van der Waals surface area contributed by atoms with Gasteiger partial charge in [-0.1, -0.05) is 43.0 Å². The van der Waals surface area contributed by atoms with Crippen LogP contribution in [0.4, 0.5) is 5.69 Å². The predicted octanol–water partition coefficient (Wildman–Crippen LogP) is 4.37. The Labute approximate surface area is 107 Å². The van der Waals surface area contributed by atoms with Crippen LogP contribution >= 0.6 is 0 Å². The average Bonchev–Trinajstić information content (AvgIpc) is 2.40. The molecule has 0 aromatic heterocycles. The van der Waals surface area contributed by atoms with E-state index in [9.17, 15) is 0 Å². The number of nitrogens with zero attached hydrogens (tertiary/aromatic N) is 1. The van der Waals surface area contributed by atoms with E-state index in [0.29, 0.717) is 5.90 Å². The number of aliphatic imine (C=N–C) groups is 1. The molecule has 0 aliphatic carbocycles. The van der Waals surface area contributed by atoms with Crippen molar-refractivity contribution in [2.24, 2.45) is 4.99 Å². The van der Waals surface area contributed by atoms with Crippen molar-refractivity contribution in [3.05, 3.63) is 72.8 Å². The van der Waals surface area contributed by atoms with E-state index >= 15 is 0 Å². The summed E-state index contributed by atoms with van der Waals surface area (Å²) in [6.45, 7) is 5.77. The van der Waals surface area contributed by atoms with Gasteiger partial charge in [-0.05, 0) is 31.2 Å². The molecule has 18 heavy (non-hydrogen) atoms. The third kappa shape index (κ3) is 3.32. The molecule has 0 unspecified atom stereocenters. The lowest BCUT2D eigenvalue weighted by Gasteiger charge is -2.08. The number of benzene rings is 2. The van der Waals surface area contributed by atoms with Crippen LogP contribution in [0.2, 0.25) is 0 Å². The van der Waals surface area contributed by atoms with E-state index < -0.39 is 0 Å². The average molecular weight is 237 g/mol. The third-order valence-electron chi connectivity index (χ3n) is 2.31. The van der Waals surface area contributed by atoms with Gasteiger partial charge in [0.25, 0.3) is 0 Å². The summed E-state index contributed by atoms with van der Waals surface area (Å²) in [6.07, 6.45) is 0. The van der Waals surface area contributed by atoms with Gasteiger partial charge in [-0.3, -0.25) is 0 Å². The molecule has 0 saturated carbocycles. The summed E-state index contributed by atoms with van der Waals surface area (Å²) in [5.74, 6) is 1.29. The molecule has 2 aromatic rings. The Morgan fingerprint density at radius 2 is 1.50 bits per heavy atom. The molecule has 2 heteroatoms. The lowest BCUT2D eigenvalue weighted by atomic mass is 10.3. The summed E-state index contributed by atoms with van der Waals surface area (Å²) >= 11 is 0. The summed E-state index contributed by atoms with van der Waals surface area (Å²) in [7, 11) is 0. The lowest BCUT2D eigenvalue weighted by molar-refractivity contribution is 0.551. The Morgan fingerprint density at radius 3 is 2.06 bits per heavy atom. The highest BCUT2D eigenvalue weighted by atomic mass is 16.5. The maximum Gasteiger partial charge on any atom is 0.222 e. The summed E-state index contributed by atoms with van der Waals surface area (Å²) in [6, 6.07) is 19.3. The third-order valence-corrected chi connectivity index (χ3v) is 2.31. The zero-order chi connectivity index (χ0) is 12.8. The first-order valence-electron chi connectivity index (χ1n) is 5.78. The van der Waals surface area contributed by atoms with Gasteiger partial charge in [0.05, 0.1) is 5.69 Å². The first-order valence-corrected chi connectivity index (χ1v) is 5.78. The fourth-order valence-corrected chi connectivity index (χ4v) is 1.43. The summed E-state index contributed by atoms with van der Waals surface area (Å²) in [5, 5.41) is 0. The van der Waals surface area contributed by atoms with Crippen LogP contribution in [0.25, 0.3) is 0 Å². The van der Waals surface area contributed by atoms with Crippen LogP contribution in [0.1, 0.15) is 6.92 Å². The van der Waals surface area contributed by atoms with Crippen molar-refractivity contribution in [3.63, 3.8) is 0 Å². The summed E-state index contributed by atoms with van der Waals surface area (Å²) in [5.41, 5.74) is 1.65. The molecule has 2 rings (SSSR count). The second-order valence-corrected chi connectivity index (χ2v) is 3.95. The molecule has 0 atom stereocenters. The molecule has 2 nitrogen and oxygen atoms in total. The molecule has 0 heterocycles. The van der Waals surface area contributed by atoms with Gasteiger partial charge in [0.2, 0.25) is 5.90 Å². The molecule has 0 radical (unpaired) electrons. The van der Waals surface area contributed by atoms with Gasteiger partial charge >= 0.3 is 0 Å². The predicted molar refractivity (Wildman–Crippen MR) is 75.4 cm³/mol. The zero-order valence-electron chi connectivity index (χ0n) is 10.3. The maximum absolute atomic E-state index is 5.73. The highest BCUT2D eigenvalue weighted by Gasteiger charge is 2.03. The Morgan fingerprint density at radius 1 is 0.944 bits per heavy atom. The molecule has 90 valence electrons. The molecule has 0 amide bonds. The minimum atomic E-state index is 0.535. The Hall–Kier alpha value is -2.35. The molecular formula is C16H15NO. The monoisotopic (exact) mass is 237 g/mol. The number of ether oxygens (including phenoxy) is 1. The van der Waals surface area contributed by atoms with Gasteiger partial charge < -0.3 is 4.74 Å². The molecule has 0 bridgehead atoms. The standard InChI is InChI=1S/C16H15NO/c1-13(2)16(17-14-9-5-3-6-10-14)18-15-11-7-4-8-12-15/h3-12H,1H2,2H3/b17-16-. The van der Waals surface area contributed by atoms with Gasteiger partial charge in [0.1, 0.15) is 5.75 Å². The van der Waals surface area contributed by atoms with Crippen molar-refractivity contribution >= 4 is 11.6 Å². The van der Waals surface area contributed by atoms with Gasteiger partial charge in [-0.25, -0.2) is 4.99 Å². The van der Waals surface area contributed by atoms with Crippen molar-refractivity contribution in [3.8, 4) is 5.75 Å². The van der Waals surface area contributed by atoms with Crippen molar-refractivity contribution < 1.29 is 4.74 Å². The second-order valence-electron chi connectivity index (χ2n) is 3.95. The number of rotatable bonds is 3. The lowest BCUT2D eigenvalue weighted by Crippen LogP contribution is -2.08. The van der Waals surface area contributed by atoms with E-state index in [0.717, 1.165) is 17.0 Å². The van der Waals surface area contributed by atoms with E-state index in [-0.39, 0.29) is 0 Å². The van der Waals surface area contributed by atoms with Crippen molar-refractivity contribution in [2.75, 3.05) is 0 Å². The van der Waals surface area contributed by atoms with E-state index in [4.69, 9.17) is 4.74 Å². The van der Waals surface area contributed by atoms with Crippen molar-refractivity contribution in [2.45, 2.75) is 6.92 Å². The Balaban J connectivity index is 2.25. The van der Waals surface area contributed by atoms with Gasteiger partial charge in [-0.2, -0.15) is 0 Å². The quantitative estimate of drug-likeness (QED) is 0.573. The van der Waals surface area contributed by atoms with Crippen LogP contribution in [0, 0.1) is 0 Å². The molecule has 0 aliphatic rings. The summed E-state index contributed by atoms with van der Waals surface area (Å²) in [4.78, 5) is 4.45. The topological polar surface area (TPSA) is 21.6 Å². The molecule has 2 aromatic carbocycles. The molecule has 0 saturated heterocycles. The van der Waals surface area contributed by atoms with Crippen molar-refractivity contribution in [1.29, 1.82) is 0 Å². The fourth-order valence-electron chi connectivity index (χ4n) is 1.43.